The Morgan fingerprint density at radius 2 is 2.31 bits per heavy atom. The lowest BCUT2D eigenvalue weighted by atomic mass is 9.81. The molecule has 0 heterocycles. The van der Waals surface area contributed by atoms with Crippen molar-refractivity contribution in [1.29, 1.82) is 0 Å². The van der Waals surface area contributed by atoms with Crippen LogP contribution in [0.4, 0.5) is 4.79 Å². The molecule has 2 unspecified atom stereocenters. The molecular weight excluding hydrogens is 164 g/mol. The van der Waals surface area contributed by atoms with Crippen LogP contribution < -0.4 is 10.6 Å². The molecule has 1 saturated carbocycles. The van der Waals surface area contributed by atoms with E-state index in [1.165, 1.54) is 6.42 Å². The first-order valence-electron chi connectivity index (χ1n) is 4.68. The molecule has 2 N–H and O–H groups in total. The minimum absolute atomic E-state index is 0.0979. The molecule has 72 valence electrons. The summed E-state index contributed by atoms with van der Waals surface area (Å²) in [6, 6.07) is 0.272. The van der Waals surface area contributed by atoms with Crippen molar-refractivity contribution in [3.05, 3.63) is 0 Å². The molecule has 0 saturated heterocycles. The second-order valence-corrected chi connectivity index (χ2v) is 3.41. The van der Waals surface area contributed by atoms with Crippen molar-refractivity contribution in [3.63, 3.8) is 0 Å². The van der Waals surface area contributed by atoms with Gasteiger partial charge in [-0.05, 0) is 25.7 Å². The molecule has 3 nitrogen and oxygen atoms in total. The van der Waals surface area contributed by atoms with Crippen molar-refractivity contribution in [2.45, 2.75) is 32.7 Å². The van der Waals surface area contributed by atoms with E-state index in [2.05, 4.69) is 29.4 Å². The lowest BCUT2D eigenvalue weighted by Gasteiger charge is -2.34. The van der Waals surface area contributed by atoms with Gasteiger partial charge in [0.05, 0.1) is 6.54 Å². The van der Waals surface area contributed by atoms with Gasteiger partial charge in [-0.3, -0.25) is 0 Å². The van der Waals surface area contributed by atoms with Crippen LogP contribution in [-0.4, -0.2) is 18.6 Å². The lowest BCUT2D eigenvalue weighted by molar-refractivity contribution is 0.205. The topological polar surface area (TPSA) is 41.1 Å². The molecule has 0 radical (unpaired) electrons. The van der Waals surface area contributed by atoms with Crippen molar-refractivity contribution in [2.75, 3.05) is 6.54 Å². The Bertz CT molecular complexity index is 239. The van der Waals surface area contributed by atoms with Gasteiger partial charge in [-0.1, -0.05) is 12.8 Å². The highest BCUT2D eigenvalue weighted by atomic mass is 16.2. The third-order valence-electron chi connectivity index (χ3n) is 2.45. The maximum Gasteiger partial charge on any atom is 0.315 e. The zero-order chi connectivity index (χ0) is 9.68. The van der Waals surface area contributed by atoms with Gasteiger partial charge in [0, 0.05) is 6.04 Å². The summed E-state index contributed by atoms with van der Waals surface area (Å²) in [4.78, 5) is 11.2. The smallest absolute Gasteiger partial charge is 0.315 e. The summed E-state index contributed by atoms with van der Waals surface area (Å²) in [5.41, 5.74) is 0. The molecular formula is C10H16N2O. The minimum Gasteiger partial charge on any atom is -0.335 e. The fourth-order valence-electron chi connectivity index (χ4n) is 1.31. The predicted molar refractivity (Wildman–Crippen MR) is 52.2 cm³/mol. The summed E-state index contributed by atoms with van der Waals surface area (Å²) in [5.74, 6) is 6.13. The van der Waals surface area contributed by atoms with Gasteiger partial charge in [0.2, 0.25) is 0 Å². The summed E-state index contributed by atoms with van der Waals surface area (Å²) in [6.07, 6.45) is 2.33. The van der Waals surface area contributed by atoms with E-state index >= 15 is 0 Å². The third kappa shape index (κ3) is 2.98. The van der Waals surface area contributed by atoms with E-state index in [0.717, 1.165) is 6.42 Å². The number of hydrogen-bond acceptors (Lipinski definition) is 1. The van der Waals surface area contributed by atoms with Crippen molar-refractivity contribution in [2.24, 2.45) is 5.92 Å². The van der Waals surface area contributed by atoms with Gasteiger partial charge in [0.1, 0.15) is 0 Å². The van der Waals surface area contributed by atoms with Gasteiger partial charge in [-0.2, -0.15) is 0 Å². The predicted octanol–water partition coefficient (Wildman–Crippen LogP) is 1.11. The number of urea groups is 1. The van der Waals surface area contributed by atoms with Crippen LogP contribution in [0, 0.1) is 17.8 Å². The van der Waals surface area contributed by atoms with Crippen LogP contribution in [0.3, 0.4) is 0 Å². The molecule has 0 aromatic rings. The first-order chi connectivity index (χ1) is 6.24. The number of carbonyl (C=O) groups excluding carboxylic acids is 1. The molecule has 1 aliphatic rings. The Kier molecular flexibility index (Phi) is 3.63. The van der Waals surface area contributed by atoms with Gasteiger partial charge in [0.15, 0.2) is 0 Å². The van der Waals surface area contributed by atoms with Crippen molar-refractivity contribution >= 4 is 6.03 Å². The van der Waals surface area contributed by atoms with Crippen LogP contribution in [0.2, 0.25) is 0 Å². The Labute approximate surface area is 79.3 Å². The third-order valence-corrected chi connectivity index (χ3v) is 2.45. The maximum atomic E-state index is 11.2. The molecule has 0 spiro atoms. The lowest BCUT2D eigenvalue weighted by Crippen LogP contribution is -2.49. The molecule has 0 bridgehead atoms. The Hall–Kier alpha value is -1.17. The summed E-state index contributed by atoms with van der Waals surface area (Å²) < 4.78 is 0. The quantitative estimate of drug-likeness (QED) is 0.614. The second kappa shape index (κ2) is 4.76. The van der Waals surface area contributed by atoms with E-state index in [0.29, 0.717) is 18.5 Å². The fraction of sp³-hybridized carbons (Fsp3) is 0.700. The van der Waals surface area contributed by atoms with E-state index in [1.807, 2.05) is 0 Å². The van der Waals surface area contributed by atoms with E-state index in [1.54, 1.807) is 6.92 Å². The number of rotatable bonds is 2. The molecule has 0 aromatic heterocycles. The highest BCUT2D eigenvalue weighted by molar-refractivity contribution is 5.74. The van der Waals surface area contributed by atoms with Crippen LogP contribution in [0.15, 0.2) is 0 Å². The number of carbonyl (C=O) groups is 1. The summed E-state index contributed by atoms with van der Waals surface area (Å²) in [5, 5.41) is 5.59. The molecule has 13 heavy (non-hydrogen) atoms. The van der Waals surface area contributed by atoms with Crippen LogP contribution in [0.5, 0.6) is 0 Å². The fourth-order valence-corrected chi connectivity index (χ4v) is 1.31. The average molecular weight is 180 g/mol. The Balaban J connectivity index is 2.12. The molecule has 2 amide bonds. The normalized spacial score (nSPS) is 25.1. The summed E-state index contributed by atoms with van der Waals surface area (Å²) in [6.45, 7) is 4.34. The second-order valence-electron chi connectivity index (χ2n) is 3.41. The number of nitrogens with one attached hydrogen (secondary N) is 2. The van der Waals surface area contributed by atoms with E-state index < -0.39 is 0 Å². The van der Waals surface area contributed by atoms with Crippen LogP contribution >= 0.6 is 0 Å². The number of hydrogen-bond donors (Lipinski definition) is 2. The van der Waals surface area contributed by atoms with Crippen molar-refractivity contribution in [3.8, 4) is 11.8 Å². The van der Waals surface area contributed by atoms with Gasteiger partial charge in [0.25, 0.3) is 0 Å². The number of amides is 2. The zero-order valence-electron chi connectivity index (χ0n) is 8.18. The average Bonchev–Trinajstić information content (AvgIpc) is 2.12. The van der Waals surface area contributed by atoms with Crippen molar-refractivity contribution < 1.29 is 4.79 Å². The van der Waals surface area contributed by atoms with E-state index in [4.69, 9.17) is 0 Å². The largest absolute Gasteiger partial charge is 0.335 e. The van der Waals surface area contributed by atoms with Crippen LogP contribution in [-0.2, 0) is 0 Å². The zero-order valence-corrected chi connectivity index (χ0v) is 8.18. The molecule has 1 rings (SSSR count). The summed E-state index contributed by atoms with van der Waals surface area (Å²) in [7, 11) is 0. The van der Waals surface area contributed by atoms with Crippen LogP contribution in [0.25, 0.3) is 0 Å². The molecule has 1 aliphatic carbocycles. The van der Waals surface area contributed by atoms with Gasteiger partial charge in [-0.15, -0.1) is 5.92 Å². The highest BCUT2D eigenvalue weighted by Crippen LogP contribution is 2.25. The van der Waals surface area contributed by atoms with Crippen molar-refractivity contribution in [1.82, 2.24) is 10.6 Å². The minimum atomic E-state index is -0.0979. The first-order valence-corrected chi connectivity index (χ1v) is 4.68. The first kappa shape index (κ1) is 9.91. The maximum absolute atomic E-state index is 11.2. The monoisotopic (exact) mass is 180 g/mol. The standard InChI is InChI=1S/C10H16N2O/c1-3-4-7-11-10(13)12-9-6-5-8(9)2/h8-9H,5-7H2,1-2H3,(H2,11,12,13). The molecule has 3 heteroatoms. The van der Waals surface area contributed by atoms with Crippen LogP contribution in [0.1, 0.15) is 26.7 Å². The molecule has 0 aliphatic heterocycles. The van der Waals surface area contributed by atoms with Gasteiger partial charge in [-0.25, -0.2) is 4.79 Å². The molecule has 2 atom stereocenters. The Morgan fingerprint density at radius 3 is 2.77 bits per heavy atom. The Morgan fingerprint density at radius 1 is 1.54 bits per heavy atom. The summed E-state index contributed by atoms with van der Waals surface area (Å²) >= 11 is 0. The highest BCUT2D eigenvalue weighted by Gasteiger charge is 2.27. The van der Waals surface area contributed by atoms with E-state index in [9.17, 15) is 4.79 Å². The van der Waals surface area contributed by atoms with E-state index in [-0.39, 0.29) is 6.03 Å². The van der Waals surface area contributed by atoms with Gasteiger partial charge < -0.3 is 10.6 Å². The van der Waals surface area contributed by atoms with Gasteiger partial charge >= 0.3 is 6.03 Å². The molecule has 0 aromatic carbocycles. The molecule has 1 fully saturated rings. The SMILES string of the molecule is CC#CCNC(=O)NC1CCC1C.